The van der Waals surface area contributed by atoms with Crippen LogP contribution in [-0.2, 0) is 13.0 Å². The van der Waals surface area contributed by atoms with Gasteiger partial charge in [-0.25, -0.2) is 4.98 Å². The van der Waals surface area contributed by atoms with Gasteiger partial charge in [0, 0.05) is 38.0 Å². The van der Waals surface area contributed by atoms with Crippen molar-refractivity contribution in [3.63, 3.8) is 0 Å². The molecule has 2 rings (SSSR count). The van der Waals surface area contributed by atoms with Crippen LogP contribution in [0.15, 0.2) is 29.3 Å². The first-order valence-electron chi connectivity index (χ1n) is 9.17. The van der Waals surface area contributed by atoms with Gasteiger partial charge in [0.25, 0.3) is 0 Å². The van der Waals surface area contributed by atoms with Gasteiger partial charge in [-0.2, -0.15) is 0 Å². The van der Waals surface area contributed by atoms with Crippen molar-refractivity contribution in [2.45, 2.75) is 40.7 Å². The fourth-order valence-electron chi connectivity index (χ4n) is 2.74. The Kier molecular flexibility index (Phi) is 7.91. The molecule has 0 atom stereocenters. The smallest absolute Gasteiger partial charge is 0.193 e. The highest BCUT2D eigenvalue weighted by molar-refractivity contribution is 7.11. The Balaban J connectivity index is 1.96. The van der Waals surface area contributed by atoms with Gasteiger partial charge >= 0.3 is 0 Å². The SMILES string of the molecule is CCNC(=NCCc1sc(C)nc1C)N(C)Cc1ccc(OCC)cc1. The zero-order chi connectivity index (χ0) is 18.9. The van der Waals surface area contributed by atoms with Gasteiger partial charge in [0.2, 0.25) is 0 Å². The molecular formula is C20H30N4OS. The Morgan fingerprint density at radius 2 is 1.96 bits per heavy atom. The van der Waals surface area contributed by atoms with Crippen molar-refractivity contribution in [2.24, 2.45) is 4.99 Å². The molecule has 0 saturated carbocycles. The number of hydrogen-bond donors (Lipinski definition) is 1. The molecule has 1 N–H and O–H groups in total. The third kappa shape index (κ3) is 6.02. The van der Waals surface area contributed by atoms with Crippen molar-refractivity contribution in [3.05, 3.63) is 45.4 Å². The van der Waals surface area contributed by atoms with Gasteiger partial charge in [0.15, 0.2) is 5.96 Å². The number of aryl methyl sites for hydroxylation is 2. The second-order valence-corrected chi connectivity index (χ2v) is 7.45. The van der Waals surface area contributed by atoms with Crippen molar-refractivity contribution in [1.82, 2.24) is 15.2 Å². The van der Waals surface area contributed by atoms with Crippen LogP contribution in [0, 0.1) is 13.8 Å². The van der Waals surface area contributed by atoms with Crippen LogP contribution in [-0.4, -0.2) is 42.6 Å². The van der Waals surface area contributed by atoms with E-state index >= 15 is 0 Å². The Hall–Kier alpha value is -2.08. The van der Waals surface area contributed by atoms with Crippen LogP contribution in [0.4, 0.5) is 0 Å². The second kappa shape index (κ2) is 10.2. The molecule has 0 radical (unpaired) electrons. The fourth-order valence-corrected chi connectivity index (χ4v) is 3.67. The summed E-state index contributed by atoms with van der Waals surface area (Å²) in [5.74, 6) is 1.84. The van der Waals surface area contributed by atoms with Crippen molar-refractivity contribution in [1.29, 1.82) is 0 Å². The van der Waals surface area contributed by atoms with E-state index in [1.165, 1.54) is 10.4 Å². The van der Waals surface area contributed by atoms with Crippen LogP contribution >= 0.6 is 11.3 Å². The Bertz CT molecular complexity index is 709. The lowest BCUT2D eigenvalue weighted by atomic mass is 10.2. The summed E-state index contributed by atoms with van der Waals surface area (Å²) < 4.78 is 5.50. The van der Waals surface area contributed by atoms with E-state index in [4.69, 9.17) is 9.73 Å². The Labute approximate surface area is 161 Å². The van der Waals surface area contributed by atoms with Gasteiger partial charge < -0.3 is 15.0 Å². The lowest BCUT2D eigenvalue weighted by Gasteiger charge is -2.22. The molecule has 26 heavy (non-hydrogen) atoms. The molecule has 5 nitrogen and oxygen atoms in total. The van der Waals surface area contributed by atoms with Crippen LogP contribution in [0.25, 0.3) is 0 Å². The van der Waals surface area contributed by atoms with Gasteiger partial charge in [0.05, 0.1) is 17.3 Å². The van der Waals surface area contributed by atoms with Crippen LogP contribution in [0.2, 0.25) is 0 Å². The van der Waals surface area contributed by atoms with Crippen molar-refractivity contribution >= 4 is 17.3 Å². The van der Waals surface area contributed by atoms with E-state index in [0.717, 1.165) is 48.5 Å². The number of ether oxygens (including phenoxy) is 1. The normalized spacial score (nSPS) is 11.5. The maximum absolute atomic E-state index is 5.50. The largest absolute Gasteiger partial charge is 0.494 e. The topological polar surface area (TPSA) is 49.8 Å². The molecule has 1 aromatic heterocycles. The van der Waals surface area contributed by atoms with Gasteiger partial charge in [-0.05, 0) is 45.4 Å². The molecule has 6 heteroatoms. The van der Waals surface area contributed by atoms with Gasteiger partial charge in [0.1, 0.15) is 5.75 Å². The summed E-state index contributed by atoms with van der Waals surface area (Å²) in [6.45, 7) is 11.3. The highest BCUT2D eigenvalue weighted by atomic mass is 32.1. The highest BCUT2D eigenvalue weighted by Gasteiger charge is 2.08. The second-order valence-electron chi connectivity index (χ2n) is 6.16. The first-order chi connectivity index (χ1) is 12.5. The minimum absolute atomic E-state index is 0.690. The lowest BCUT2D eigenvalue weighted by molar-refractivity contribution is 0.340. The molecule has 0 amide bonds. The summed E-state index contributed by atoms with van der Waals surface area (Å²) >= 11 is 1.77. The molecule has 0 bridgehead atoms. The van der Waals surface area contributed by atoms with E-state index in [0.29, 0.717) is 6.61 Å². The third-order valence-corrected chi connectivity index (χ3v) is 5.08. The number of rotatable bonds is 8. The minimum Gasteiger partial charge on any atom is -0.494 e. The zero-order valence-corrected chi connectivity index (χ0v) is 17.3. The van der Waals surface area contributed by atoms with E-state index < -0.39 is 0 Å². The van der Waals surface area contributed by atoms with Gasteiger partial charge in [-0.1, -0.05) is 12.1 Å². The number of aliphatic imine (C=N–C) groups is 1. The Morgan fingerprint density at radius 3 is 2.54 bits per heavy atom. The van der Waals surface area contributed by atoms with E-state index in [-0.39, 0.29) is 0 Å². The molecule has 142 valence electrons. The summed E-state index contributed by atoms with van der Waals surface area (Å²) in [6.07, 6.45) is 0.934. The molecule has 0 aliphatic heterocycles. The molecule has 2 aromatic rings. The molecule has 0 spiro atoms. The molecule has 0 fully saturated rings. The summed E-state index contributed by atoms with van der Waals surface area (Å²) in [7, 11) is 2.07. The monoisotopic (exact) mass is 374 g/mol. The molecule has 0 saturated heterocycles. The number of thiazole rings is 1. The summed E-state index contributed by atoms with van der Waals surface area (Å²) in [4.78, 5) is 12.8. The first-order valence-corrected chi connectivity index (χ1v) is 9.99. The van der Waals surface area contributed by atoms with E-state index in [1.807, 2.05) is 19.1 Å². The highest BCUT2D eigenvalue weighted by Crippen LogP contribution is 2.17. The fraction of sp³-hybridized carbons (Fsp3) is 0.500. The average molecular weight is 375 g/mol. The van der Waals surface area contributed by atoms with Crippen molar-refractivity contribution in [3.8, 4) is 5.75 Å². The van der Waals surface area contributed by atoms with Crippen molar-refractivity contribution in [2.75, 3.05) is 26.7 Å². The number of aromatic nitrogens is 1. The first kappa shape index (κ1) is 20.2. The van der Waals surface area contributed by atoms with Crippen LogP contribution < -0.4 is 10.1 Å². The molecular weight excluding hydrogens is 344 g/mol. The standard InChI is InChI=1S/C20H30N4OS/c1-6-21-20(22-13-12-19-15(3)23-16(4)26-19)24(5)14-17-8-10-18(11-9-17)25-7-2/h8-11H,6-7,12-14H2,1-5H3,(H,21,22). The van der Waals surface area contributed by atoms with Gasteiger partial charge in [-0.3, -0.25) is 4.99 Å². The number of nitrogens with one attached hydrogen (secondary N) is 1. The predicted molar refractivity (Wildman–Crippen MR) is 110 cm³/mol. The molecule has 0 unspecified atom stereocenters. The number of guanidine groups is 1. The number of hydrogen-bond acceptors (Lipinski definition) is 4. The Morgan fingerprint density at radius 1 is 1.23 bits per heavy atom. The quantitative estimate of drug-likeness (QED) is 0.564. The number of benzene rings is 1. The summed E-state index contributed by atoms with van der Waals surface area (Å²) in [5, 5.41) is 4.51. The van der Waals surface area contributed by atoms with Crippen LogP contribution in [0.1, 0.15) is 35.0 Å². The third-order valence-electron chi connectivity index (χ3n) is 3.95. The maximum Gasteiger partial charge on any atom is 0.193 e. The summed E-state index contributed by atoms with van der Waals surface area (Å²) in [6, 6.07) is 8.25. The van der Waals surface area contributed by atoms with Crippen LogP contribution in [0.5, 0.6) is 5.75 Å². The molecule has 0 aliphatic carbocycles. The average Bonchev–Trinajstić information content (AvgIpc) is 2.93. The maximum atomic E-state index is 5.50. The molecule has 1 heterocycles. The predicted octanol–water partition coefficient (Wildman–Crippen LogP) is 3.80. The summed E-state index contributed by atoms with van der Waals surface area (Å²) in [5.41, 5.74) is 2.37. The molecule has 1 aromatic carbocycles. The van der Waals surface area contributed by atoms with E-state index in [1.54, 1.807) is 11.3 Å². The van der Waals surface area contributed by atoms with E-state index in [9.17, 15) is 0 Å². The van der Waals surface area contributed by atoms with Gasteiger partial charge in [-0.15, -0.1) is 11.3 Å². The lowest BCUT2D eigenvalue weighted by Crippen LogP contribution is -2.38. The van der Waals surface area contributed by atoms with Crippen molar-refractivity contribution < 1.29 is 4.74 Å². The minimum atomic E-state index is 0.690. The number of nitrogens with zero attached hydrogens (tertiary/aromatic N) is 3. The molecule has 0 aliphatic rings. The van der Waals surface area contributed by atoms with Crippen LogP contribution in [0.3, 0.4) is 0 Å². The van der Waals surface area contributed by atoms with E-state index in [2.05, 4.69) is 55.2 Å². The zero-order valence-electron chi connectivity index (χ0n) is 16.5.